The summed E-state index contributed by atoms with van der Waals surface area (Å²) < 4.78 is 0. The monoisotopic (exact) mass is 291 g/mol. The van der Waals surface area contributed by atoms with Gasteiger partial charge >= 0.3 is 0 Å². The van der Waals surface area contributed by atoms with Crippen LogP contribution in [-0.2, 0) is 6.42 Å². The van der Waals surface area contributed by atoms with Crippen molar-refractivity contribution in [3.05, 3.63) is 22.4 Å². The Morgan fingerprint density at radius 1 is 1.40 bits per heavy atom. The van der Waals surface area contributed by atoms with E-state index in [0.717, 1.165) is 37.9 Å². The fourth-order valence-corrected chi connectivity index (χ4v) is 3.60. The van der Waals surface area contributed by atoms with Crippen molar-refractivity contribution in [1.82, 2.24) is 10.6 Å². The lowest BCUT2D eigenvalue weighted by Crippen LogP contribution is -2.38. The van der Waals surface area contributed by atoms with Crippen LogP contribution in [0.1, 0.15) is 37.5 Å². The molecule has 0 atom stereocenters. The molecule has 20 heavy (non-hydrogen) atoms. The third-order valence-electron chi connectivity index (χ3n) is 4.48. The lowest BCUT2D eigenvalue weighted by Gasteiger charge is -2.14. The molecule has 0 bridgehead atoms. The largest absolute Gasteiger partial charge is 0.357 e. The number of nitrogens with zero attached hydrogens (tertiary/aromatic N) is 1. The molecule has 2 aliphatic rings. The van der Waals surface area contributed by atoms with Gasteiger partial charge in [0.2, 0.25) is 0 Å². The standard InChI is InChI=1S/C16H25N3S/c1-2-17-15(18-10-7-14-4-3-11-20-14)19-12-16(8-9-16)13-5-6-13/h3-4,11,13H,2,5-10,12H2,1H3,(H2,17,18,19). The van der Waals surface area contributed by atoms with Crippen molar-refractivity contribution < 1.29 is 0 Å². The third-order valence-corrected chi connectivity index (χ3v) is 5.41. The van der Waals surface area contributed by atoms with E-state index in [9.17, 15) is 0 Å². The van der Waals surface area contributed by atoms with Crippen molar-refractivity contribution in [2.45, 2.75) is 39.0 Å². The number of aliphatic imine (C=N–C) groups is 1. The third kappa shape index (κ3) is 3.54. The molecule has 1 aromatic heterocycles. The van der Waals surface area contributed by atoms with Crippen molar-refractivity contribution in [2.24, 2.45) is 16.3 Å². The topological polar surface area (TPSA) is 36.4 Å². The predicted octanol–water partition coefficient (Wildman–Crippen LogP) is 3.04. The van der Waals surface area contributed by atoms with Crippen molar-refractivity contribution >= 4 is 17.3 Å². The van der Waals surface area contributed by atoms with Gasteiger partial charge in [0.1, 0.15) is 0 Å². The minimum atomic E-state index is 0.593. The van der Waals surface area contributed by atoms with Crippen LogP contribution >= 0.6 is 11.3 Å². The average molecular weight is 291 g/mol. The van der Waals surface area contributed by atoms with E-state index >= 15 is 0 Å². The fraction of sp³-hybridized carbons (Fsp3) is 0.688. The normalized spacial score (nSPS) is 20.8. The summed E-state index contributed by atoms with van der Waals surface area (Å²) in [6, 6.07) is 4.31. The van der Waals surface area contributed by atoms with Crippen LogP contribution in [0.3, 0.4) is 0 Å². The van der Waals surface area contributed by atoms with E-state index in [4.69, 9.17) is 4.99 Å². The first-order valence-corrected chi connectivity index (χ1v) is 8.75. The molecular weight excluding hydrogens is 266 g/mol. The molecule has 0 aromatic carbocycles. The number of rotatable bonds is 7. The molecule has 2 aliphatic carbocycles. The molecule has 0 unspecified atom stereocenters. The zero-order chi connectivity index (χ0) is 13.8. The highest BCUT2D eigenvalue weighted by molar-refractivity contribution is 7.09. The zero-order valence-corrected chi connectivity index (χ0v) is 13.1. The molecule has 3 rings (SSSR count). The maximum absolute atomic E-state index is 4.83. The van der Waals surface area contributed by atoms with E-state index in [1.165, 1.54) is 30.6 Å². The summed E-state index contributed by atoms with van der Waals surface area (Å²) in [6.07, 6.45) is 6.76. The highest BCUT2D eigenvalue weighted by Gasteiger charge is 2.53. The molecular formula is C16H25N3S. The number of nitrogens with one attached hydrogen (secondary N) is 2. The molecule has 1 aromatic rings. The lowest BCUT2D eigenvalue weighted by atomic mass is 10.0. The van der Waals surface area contributed by atoms with Crippen molar-refractivity contribution in [1.29, 1.82) is 0 Å². The number of hydrogen-bond acceptors (Lipinski definition) is 2. The van der Waals surface area contributed by atoms with Gasteiger partial charge in [-0.2, -0.15) is 0 Å². The molecule has 0 aliphatic heterocycles. The van der Waals surface area contributed by atoms with Gasteiger partial charge in [-0.1, -0.05) is 6.07 Å². The van der Waals surface area contributed by atoms with Crippen LogP contribution in [-0.4, -0.2) is 25.6 Å². The second-order valence-electron chi connectivity index (χ2n) is 6.09. The molecule has 2 N–H and O–H groups in total. The van der Waals surface area contributed by atoms with Gasteiger partial charge < -0.3 is 10.6 Å². The van der Waals surface area contributed by atoms with E-state index in [1.54, 1.807) is 0 Å². The summed E-state index contributed by atoms with van der Waals surface area (Å²) in [5.41, 5.74) is 0.593. The first-order chi connectivity index (χ1) is 9.82. The summed E-state index contributed by atoms with van der Waals surface area (Å²) in [5, 5.41) is 8.97. The summed E-state index contributed by atoms with van der Waals surface area (Å²) in [5.74, 6) is 1.98. The van der Waals surface area contributed by atoms with Crippen LogP contribution in [0.15, 0.2) is 22.5 Å². The molecule has 1 heterocycles. The average Bonchev–Trinajstić information content (AvgIpc) is 3.36. The Morgan fingerprint density at radius 2 is 2.25 bits per heavy atom. The first kappa shape index (κ1) is 13.9. The molecule has 0 saturated heterocycles. The van der Waals surface area contributed by atoms with Gasteiger partial charge in [0.15, 0.2) is 5.96 Å². The predicted molar refractivity (Wildman–Crippen MR) is 86.4 cm³/mol. The van der Waals surface area contributed by atoms with Gasteiger partial charge in [-0.3, -0.25) is 4.99 Å². The highest BCUT2D eigenvalue weighted by atomic mass is 32.1. The van der Waals surface area contributed by atoms with Crippen LogP contribution in [0.25, 0.3) is 0 Å². The van der Waals surface area contributed by atoms with Crippen LogP contribution < -0.4 is 10.6 Å². The van der Waals surface area contributed by atoms with Crippen LogP contribution in [0.4, 0.5) is 0 Å². The fourth-order valence-electron chi connectivity index (χ4n) is 2.89. The molecule has 3 nitrogen and oxygen atoms in total. The Balaban J connectivity index is 1.47. The summed E-state index contributed by atoms with van der Waals surface area (Å²) in [7, 11) is 0. The minimum Gasteiger partial charge on any atom is -0.357 e. The van der Waals surface area contributed by atoms with E-state index in [2.05, 4.69) is 35.1 Å². The smallest absolute Gasteiger partial charge is 0.191 e. The minimum absolute atomic E-state index is 0.593. The summed E-state index contributed by atoms with van der Waals surface area (Å²) >= 11 is 1.83. The molecule has 0 amide bonds. The Hall–Kier alpha value is -1.03. The molecule has 110 valence electrons. The van der Waals surface area contributed by atoms with Crippen molar-refractivity contribution in [3.63, 3.8) is 0 Å². The maximum Gasteiger partial charge on any atom is 0.191 e. The Labute approximate surface area is 125 Å². The summed E-state index contributed by atoms with van der Waals surface area (Å²) in [4.78, 5) is 6.26. The van der Waals surface area contributed by atoms with Crippen LogP contribution in [0, 0.1) is 11.3 Å². The Morgan fingerprint density at radius 3 is 2.85 bits per heavy atom. The van der Waals surface area contributed by atoms with Gasteiger partial charge in [-0.15, -0.1) is 11.3 Å². The van der Waals surface area contributed by atoms with Crippen molar-refractivity contribution in [3.8, 4) is 0 Å². The molecule has 0 spiro atoms. The van der Waals surface area contributed by atoms with E-state index in [1.807, 2.05) is 11.3 Å². The van der Waals surface area contributed by atoms with Crippen LogP contribution in [0.2, 0.25) is 0 Å². The lowest BCUT2D eigenvalue weighted by molar-refractivity contribution is 0.452. The van der Waals surface area contributed by atoms with Crippen LogP contribution in [0.5, 0.6) is 0 Å². The second-order valence-corrected chi connectivity index (χ2v) is 7.12. The Bertz CT molecular complexity index is 444. The summed E-state index contributed by atoms with van der Waals surface area (Å²) in [6.45, 7) is 5.04. The van der Waals surface area contributed by atoms with Gasteiger partial charge in [0, 0.05) is 24.5 Å². The molecule has 2 fully saturated rings. The van der Waals surface area contributed by atoms with Gasteiger partial charge in [0.25, 0.3) is 0 Å². The SMILES string of the molecule is CCNC(=NCC1(C2CC2)CC1)NCCc1cccs1. The maximum atomic E-state index is 4.83. The van der Waals surface area contributed by atoms with E-state index in [-0.39, 0.29) is 0 Å². The van der Waals surface area contributed by atoms with E-state index in [0.29, 0.717) is 5.41 Å². The van der Waals surface area contributed by atoms with Gasteiger partial charge in [-0.05, 0) is 61.8 Å². The second kappa shape index (κ2) is 6.17. The quantitative estimate of drug-likeness (QED) is 0.598. The first-order valence-electron chi connectivity index (χ1n) is 7.87. The highest BCUT2D eigenvalue weighted by Crippen LogP contribution is 2.61. The number of hydrogen-bond donors (Lipinski definition) is 2. The number of thiophene rings is 1. The van der Waals surface area contributed by atoms with Gasteiger partial charge in [-0.25, -0.2) is 0 Å². The van der Waals surface area contributed by atoms with Gasteiger partial charge in [0.05, 0.1) is 0 Å². The van der Waals surface area contributed by atoms with E-state index < -0.39 is 0 Å². The number of guanidine groups is 1. The molecule has 2 saturated carbocycles. The van der Waals surface area contributed by atoms with Crippen molar-refractivity contribution in [2.75, 3.05) is 19.6 Å². The Kier molecular flexibility index (Phi) is 4.29. The zero-order valence-electron chi connectivity index (χ0n) is 12.3. The molecule has 0 radical (unpaired) electrons. The molecule has 4 heteroatoms.